The first-order valence-corrected chi connectivity index (χ1v) is 10.3. The number of carbonyl (C=O) groups is 1. The minimum absolute atomic E-state index is 0.0868. The van der Waals surface area contributed by atoms with Crippen LogP contribution < -0.4 is 10.1 Å². The molecule has 28 heavy (non-hydrogen) atoms. The number of ether oxygens (including phenoxy) is 1. The van der Waals surface area contributed by atoms with Gasteiger partial charge in [-0.05, 0) is 29.8 Å². The van der Waals surface area contributed by atoms with E-state index in [2.05, 4.69) is 15.5 Å². The molecule has 3 rings (SSSR count). The molecule has 0 radical (unpaired) electrons. The average molecular weight is 401 g/mol. The van der Waals surface area contributed by atoms with Gasteiger partial charge in [-0.3, -0.25) is 10.1 Å². The highest BCUT2D eigenvalue weighted by atomic mass is 32.2. The highest BCUT2D eigenvalue weighted by molar-refractivity contribution is 7.90. The molecule has 1 amide bonds. The molecule has 0 bridgehead atoms. The van der Waals surface area contributed by atoms with Gasteiger partial charge in [0.1, 0.15) is 5.75 Å². The van der Waals surface area contributed by atoms with E-state index in [0.29, 0.717) is 16.9 Å². The lowest BCUT2D eigenvalue weighted by Crippen LogP contribution is -2.18. The summed E-state index contributed by atoms with van der Waals surface area (Å²) in [5.74, 6) is 0.0287. The van der Waals surface area contributed by atoms with Crippen LogP contribution in [0.4, 0.5) is 6.01 Å². The number of nitrogens with one attached hydrogen (secondary N) is 1. The third kappa shape index (κ3) is 5.40. The normalized spacial score (nSPS) is 11.2. The molecule has 0 saturated heterocycles. The first-order chi connectivity index (χ1) is 13.4. The van der Waals surface area contributed by atoms with Gasteiger partial charge in [-0.25, -0.2) is 8.42 Å². The van der Waals surface area contributed by atoms with Crippen molar-refractivity contribution in [1.82, 2.24) is 10.2 Å². The number of aromatic nitrogens is 2. The van der Waals surface area contributed by atoms with Crippen LogP contribution in [-0.4, -0.2) is 37.4 Å². The standard InChI is InChI=1S/C19H19N3O5S/c1-26-16-9-7-15(8-10-16)18-21-22-19(27-18)20-17(23)11-12-28(24,25)13-14-5-3-2-4-6-14/h2-10H,11-13H2,1H3,(H,20,22,23). The van der Waals surface area contributed by atoms with Crippen LogP contribution >= 0.6 is 0 Å². The zero-order valence-electron chi connectivity index (χ0n) is 15.2. The van der Waals surface area contributed by atoms with Gasteiger partial charge in [0.15, 0.2) is 9.84 Å². The largest absolute Gasteiger partial charge is 0.497 e. The molecule has 146 valence electrons. The van der Waals surface area contributed by atoms with Crippen molar-refractivity contribution in [3.8, 4) is 17.2 Å². The lowest BCUT2D eigenvalue weighted by molar-refractivity contribution is -0.115. The predicted molar refractivity (Wildman–Crippen MR) is 103 cm³/mol. The molecule has 0 spiro atoms. The van der Waals surface area contributed by atoms with Gasteiger partial charge in [-0.1, -0.05) is 35.4 Å². The maximum Gasteiger partial charge on any atom is 0.322 e. The second-order valence-electron chi connectivity index (χ2n) is 6.02. The van der Waals surface area contributed by atoms with Gasteiger partial charge in [-0.15, -0.1) is 5.10 Å². The summed E-state index contributed by atoms with van der Waals surface area (Å²) in [5.41, 5.74) is 1.35. The highest BCUT2D eigenvalue weighted by Gasteiger charge is 2.16. The fourth-order valence-corrected chi connectivity index (χ4v) is 3.80. The molecule has 0 unspecified atom stereocenters. The second kappa shape index (κ2) is 8.66. The summed E-state index contributed by atoms with van der Waals surface area (Å²) in [6, 6.07) is 15.7. The number of carbonyl (C=O) groups excluding carboxylic acids is 1. The first kappa shape index (κ1) is 19.6. The van der Waals surface area contributed by atoms with Crippen molar-refractivity contribution in [2.24, 2.45) is 0 Å². The number of benzene rings is 2. The summed E-state index contributed by atoms with van der Waals surface area (Å²) in [7, 11) is -1.84. The van der Waals surface area contributed by atoms with Gasteiger partial charge in [0.25, 0.3) is 0 Å². The molecule has 0 aliphatic rings. The van der Waals surface area contributed by atoms with Crippen molar-refractivity contribution in [3.05, 3.63) is 60.2 Å². The van der Waals surface area contributed by atoms with Crippen LogP contribution in [0.3, 0.4) is 0 Å². The number of amides is 1. The maximum absolute atomic E-state index is 12.2. The van der Waals surface area contributed by atoms with Crippen LogP contribution in [0.15, 0.2) is 59.0 Å². The van der Waals surface area contributed by atoms with E-state index in [0.717, 1.165) is 0 Å². The number of hydrogen-bond acceptors (Lipinski definition) is 7. The molecular formula is C19H19N3O5S. The third-order valence-electron chi connectivity index (χ3n) is 3.88. The molecule has 0 aliphatic carbocycles. The predicted octanol–water partition coefficient (Wildman–Crippen LogP) is 2.69. The van der Waals surface area contributed by atoms with Gasteiger partial charge < -0.3 is 9.15 Å². The summed E-state index contributed by atoms with van der Waals surface area (Å²) in [5, 5.41) is 10.0. The third-order valence-corrected chi connectivity index (χ3v) is 5.48. The molecule has 0 atom stereocenters. The Kier molecular flexibility index (Phi) is 6.05. The van der Waals surface area contributed by atoms with Gasteiger partial charge in [0.2, 0.25) is 11.8 Å². The van der Waals surface area contributed by atoms with Crippen molar-refractivity contribution >= 4 is 21.8 Å². The Morgan fingerprint density at radius 2 is 1.79 bits per heavy atom. The molecule has 0 aliphatic heterocycles. The number of anilines is 1. The molecule has 2 aromatic carbocycles. The summed E-state index contributed by atoms with van der Waals surface area (Å²) >= 11 is 0. The van der Waals surface area contributed by atoms with Crippen LogP contribution in [0.2, 0.25) is 0 Å². The molecule has 8 nitrogen and oxygen atoms in total. The molecule has 0 saturated carbocycles. The Morgan fingerprint density at radius 3 is 2.46 bits per heavy atom. The van der Waals surface area contributed by atoms with Gasteiger partial charge in [-0.2, -0.15) is 0 Å². The minimum Gasteiger partial charge on any atom is -0.497 e. The van der Waals surface area contributed by atoms with E-state index in [1.54, 1.807) is 55.6 Å². The van der Waals surface area contributed by atoms with Gasteiger partial charge in [0, 0.05) is 12.0 Å². The minimum atomic E-state index is -3.41. The van der Waals surface area contributed by atoms with E-state index in [4.69, 9.17) is 9.15 Å². The SMILES string of the molecule is COc1ccc(-c2nnc(NC(=O)CCS(=O)(=O)Cc3ccccc3)o2)cc1. The fraction of sp³-hybridized carbons (Fsp3) is 0.211. The molecule has 0 fully saturated rings. The highest BCUT2D eigenvalue weighted by Crippen LogP contribution is 2.22. The summed E-state index contributed by atoms with van der Waals surface area (Å²) in [6.07, 6.45) is -0.199. The van der Waals surface area contributed by atoms with E-state index in [1.807, 2.05) is 6.07 Å². The van der Waals surface area contributed by atoms with E-state index < -0.39 is 15.7 Å². The van der Waals surface area contributed by atoms with E-state index in [9.17, 15) is 13.2 Å². The average Bonchev–Trinajstić information content (AvgIpc) is 3.15. The molecular weight excluding hydrogens is 382 g/mol. The van der Waals surface area contributed by atoms with Gasteiger partial charge in [0.05, 0.1) is 18.6 Å². The Morgan fingerprint density at radius 1 is 1.07 bits per heavy atom. The number of nitrogens with zero attached hydrogens (tertiary/aromatic N) is 2. The summed E-state index contributed by atoms with van der Waals surface area (Å²) < 4.78 is 34.8. The Hall–Kier alpha value is -3.20. The van der Waals surface area contributed by atoms with E-state index in [-0.39, 0.29) is 29.8 Å². The number of rotatable bonds is 8. The van der Waals surface area contributed by atoms with Crippen LogP contribution in [0.25, 0.3) is 11.5 Å². The van der Waals surface area contributed by atoms with Crippen molar-refractivity contribution in [2.75, 3.05) is 18.2 Å². The Balaban J connectivity index is 1.54. The van der Waals surface area contributed by atoms with E-state index in [1.165, 1.54) is 0 Å². The zero-order chi connectivity index (χ0) is 20.0. The molecule has 3 aromatic rings. The Bertz CT molecular complexity index is 1030. The first-order valence-electron chi connectivity index (χ1n) is 8.47. The second-order valence-corrected chi connectivity index (χ2v) is 8.20. The van der Waals surface area contributed by atoms with Crippen molar-refractivity contribution in [3.63, 3.8) is 0 Å². The zero-order valence-corrected chi connectivity index (χ0v) is 16.0. The quantitative estimate of drug-likeness (QED) is 0.618. The molecule has 1 aromatic heterocycles. The fourth-order valence-electron chi connectivity index (χ4n) is 2.45. The molecule has 1 heterocycles. The summed E-state index contributed by atoms with van der Waals surface area (Å²) in [6.45, 7) is 0. The Labute approximate surface area is 162 Å². The van der Waals surface area contributed by atoms with E-state index >= 15 is 0 Å². The van der Waals surface area contributed by atoms with Crippen LogP contribution in [0.1, 0.15) is 12.0 Å². The number of methoxy groups -OCH3 is 1. The number of hydrogen-bond donors (Lipinski definition) is 1. The summed E-state index contributed by atoms with van der Waals surface area (Å²) in [4.78, 5) is 12.0. The van der Waals surface area contributed by atoms with Crippen molar-refractivity contribution < 1.29 is 22.4 Å². The van der Waals surface area contributed by atoms with Crippen LogP contribution in [-0.2, 0) is 20.4 Å². The smallest absolute Gasteiger partial charge is 0.322 e. The van der Waals surface area contributed by atoms with Crippen LogP contribution in [0, 0.1) is 0 Å². The monoisotopic (exact) mass is 401 g/mol. The van der Waals surface area contributed by atoms with Crippen LogP contribution in [0.5, 0.6) is 5.75 Å². The molecule has 9 heteroatoms. The maximum atomic E-state index is 12.2. The lowest BCUT2D eigenvalue weighted by atomic mass is 10.2. The number of sulfone groups is 1. The van der Waals surface area contributed by atoms with Crippen molar-refractivity contribution in [1.29, 1.82) is 0 Å². The topological polar surface area (TPSA) is 111 Å². The lowest BCUT2D eigenvalue weighted by Gasteiger charge is -2.04. The van der Waals surface area contributed by atoms with Crippen molar-refractivity contribution in [2.45, 2.75) is 12.2 Å². The molecule has 1 N–H and O–H groups in total. The van der Waals surface area contributed by atoms with Gasteiger partial charge >= 0.3 is 6.01 Å².